The van der Waals surface area contributed by atoms with Crippen molar-refractivity contribution in [2.75, 3.05) is 13.6 Å². The van der Waals surface area contributed by atoms with Gasteiger partial charge in [-0.1, -0.05) is 18.2 Å². The van der Waals surface area contributed by atoms with E-state index in [4.69, 9.17) is 4.74 Å². The third-order valence-electron chi connectivity index (χ3n) is 3.40. The molecule has 0 aliphatic carbocycles. The molecule has 0 unspecified atom stereocenters. The van der Waals surface area contributed by atoms with Gasteiger partial charge in [-0.3, -0.25) is 4.79 Å². The number of rotatable bonds is 7. The number of amides is 2. The van der Waals surface area contributed by atoms with Crippen LogP contribution in [-0.4, -0.2) is 46.4 Å². The van der Waals surface area contributed by atoms with Crippen molar-refractivity contribution in [3.8, 4) is 5.69 Å². The molecule has 0 fully saturated rings. The molecule has 1 aromatic carbocycles. The maximum atomic E-state index is 12.1. The molecule has 0 saturated carbocycles. The minimum Gasteiger partial charge on any atom is -0.463 e. The fourth-order valence-corrected chi connectivity index (χ4v) is 2.24. The zero-order valence-electron chi connectivity index (χ0n) is 14.8. The van der Waals surface area contributed by atoms with Crippen LogP contribution in [0.3, 0.4) is 0 Å². The molecule has 2 rings (SSSR count). The second-order valence-electron chi connectivity index (χ2n) is 6.01. The number of esters is 1. The summed E-state index contributed by atoms with van der Waals surface area (Å²) < 4.78 is 6.78. The largest absolute Gasteiger partial charge is 0.463 e. The van der Waals surface area contributed by atoms with Crippen molar-refractivity contribution in [2.24, 2.45) is 0 Å². The van der Waals surface area contributed by atoms with Crippen molar-refractivity contribution >= 4 is 12.0 Å². The summed E-state index contributed by atoms with van der Waals surface area (Å²) in [5.41, 5.74) is 1.88. The standard InChI is InChI=1S/C18H24N4O3/c1-14(2)25-17(23)9-10-19-18(24)21(3)12-15-11-20-22(13-15)16-7-5-4-6-8-16/h4-8,11,13-14H,9-10,12H2,1-3H3,(H,19,24). The minimum atomic E-state index is -0.318. The fraction of sp³-hybridized carbons (Fsp3) is 0.389. The molecule has 134 valence electrons. The van der Waals surface area contributed by atoms with Crippen LogP contribution in [-0.2, 0) is 16.1 Å². The van der Waals surface area contributed by atoms with Crippen LogP contribution < -0.4 is 5.32 Å². The van der Waals surface area contributed by atoms with Crippen molar-refractivity contribution in [1.29, 1.82) is 0 Å². The highest BCUT2D eigenvalue weighted by Gasteiger charge is 2.12. The summed E-state index contributed by atoms with van der Waals surface area (Å²) in [6, 6.07) is 9.52. The molecule has 0 spiro atoms. The Morgan fingerprint density at radius 3 is 2.68 bits per heavy atom. The topological polar surface area (TPSA) is 76.5 Å². The Kier molecular flexibility index (Phi) is 6.56. The number of nitrogens with zero attached hydrogens (tertiary/aromatic N) is 3. The summed E-state index contributed by atoms with van der Waals surface area (Å²) in [5.74, 6) is -0.318. The number of para-hydroxylation sites is 1. The number of benzene rings is 1. The molecule has 0 atom stereocenters. The second kappa shape index (κ2) is 8.86. The highest BCUT2D eigenvalue weighted by molar-refractivity contribution is 5.75. The van der Waals surface area contributed by atoms with E-state index in [1.54, 1.807) is 36.7 Å². The van der Waals surface area contributed by atoms with Crippen molar-refractivity contribution in [3.05, 3.63) is 48.3 Å². The van der Waals surface area contributed by atoms with Crippen molar-refractivity contribution in [2.45, 2.75) is 32.9 Å². The Labute approximate surface area is 147 Å². The lowest BCUT2D eigenvalue weighted by Gasteiger charge is -2.17. The van der Waals surface area contributed by atoms with Gasteiger partial charge < -0.3 is 15.0 Å². The molecular weight excluding hydrogens is 320 g/mol. The Bertz CT molecular complexity index is 697. The molecule has 0 bridgehead atoms. The zero-order chi connectivity index (χ0) is 18.2. The van der Waals surface area contributed by atoms with Crippen molar-refractivity contribution in [1.82, 2.24) is 20.0 Å². The number of ether oxygens (including phenoxy) is 1. The van der Waals surface area contributed by atoms with Gasteiger partial charge >= 0.3 is 12.0 Å². The van der Waals surface area contributed by atoms with E-state index in [0.29, 0.717) is 6.54 Å². The van der Waals surface area contributed by atoms with Gasteiger partial charge in [-0.25, -0.2) is 9.48 Å². The van der Waals surface area contributed by atoms with Crippen LogP contribution in [0.4, 0.5) is 4.79 Å². The molecular formula is C18H24N4O3. The summed E-state index contributed by atoms with van der Waals surface area (Å²) in [6.07, 6.45) is 3.63. The maximum absolute atomic E-state index is 12.1. The molecule has 0 aliphatic rings. The van der Waals surface area contributed by atoms with Gasteiger partial charge in [-0.15, -0.1) is 0 Å². The Morgan fingerprint density at radius 2 is 2.00 bits per heavy atom. The highest BCUT2D eigenvalue weighted by Crippen LogP contribution is 2.09. The van der Waals surface area contributed by atoms with Crippen LogP contribution in [0.5, 0.6) is 0 Å². The van der Waals surface area contributed by atoms with Gasteiger partial charge in [-0.2, -0.15) is 5.10 Å². The molecule has 1 heterocycles. The van der Waals surface area contributed by atoms with Crippen LogP contribution in [0.1, 0.15) is 25.8 Å². The van der Waals surface area contributed by atoms with E-state index < -0.39 is 0 Å². The fourth-order valence-electron chi connectivity index (χ4n) is 2.24. The van der Waals surface area contributed by atoms with Crippen LogP contribution in [0, 0.1) is 0 Å². The SMILES string of the molecule is CC(C)OC(=O)CCNC(=O)N(C)Cc1cnn(-c2ccccc2)c1. The monoisotopic (exact) mass is 344 g/mol. The van der Waals surface area contributed by atoms with E-state index in [2.05, 4.69) is 10.4 Å². The minimum absolute atomic E-state index is 0.146. The molecule has 0 radical (unpaired) electrons. The van der Waals surface area contributed by atoms with E-state index in [1.807, 2.05) is 36.5 Å². The van der Waals surface area contributed by atoms with E-state index >= 15 is 0 Å². The van der Waals surface area contributed by atoms with Gasteiger partial charge in [0.1, 0.15) is 0 Å². The molecule has 25 heavy (non-hydrogen) atoms. The first-order valence-corrected chi connectivity index (χ1v) is 8.23. The summed E-state index contributed by atoms with van der Waals surface area (Å²) in [7, 11) is 1.70. The van der Waals surface area contributed by atoms with Crippen LogP contribution in [0.25, 0.3) is 5.69 Å². The average molecular weight is 344 g/mol. The molecule has 0 aliphatic heterocycles. The molecule has 1 aromatic heterocycles. The van der Waals surface area contributed by atoms with Gasteiger partial charge in [0.15, 0.2) is 0 Å². The first kappa shape index (κ1) is 18.5. The normalized spacial score (nSPS) is 10.6. The molecule has 2 amide bonds. The Balaban J connectivity index is 1.79. The third kappa shape index (κ3) is 5.95. The first-order chi connectivity index (χ1) is 12.0. The molecule has 7 heteroatoms. The maximum Gasteiger partial charge on any atom is 0.317 e. The number of aromatic nitrogens is 2. The van der Waals surface area contributed by atoms with Gasteiger partial charge in [-0.05, 0) is 26.0 Å². The van der Waals surface area contributed by atoms with Crippen LogP contribution in [0.2, 0.25) is 0 Å². The Morgan fingerprint density at radius 1 is 1.28 bits per heavy atom. The number of carbonyl (C=O) groups is 2. The third-order valence-corrected chi connectivity index (χ3v) is 3.40. The molecule has 7 nitrogen and oxygen atoms in total. The summed E-state index contributed by atoms with van der Waals surface area (Å²) >= 11 is 0. The summed E-state index contributed by atoms with van der Waals surface area (Å²) in [4.78, 5) is 25.0. The number of hydrogen-bond donors (Lipinski definition) is 1. The van der Waals surface area contributed by atoms with Crippen molar-refractivity contribution < 1.29 is 14.3 Å². The number of hydrogen-bond acceptors (Lipinski definition) is 4. The quantitative estimate of drug-likeness (QED) is 0.782. The van der Waals surface area contributed by atoms with Gasteiger partial charge in [0.25, 0.3) is 0 Å². The average Bonchev–Trinajstić information content (AvgIpc) is 3.03. The predicted molar refractivity (Wildman–Crippen MR) is 94.3 cm³/mol. The van der Waals surface area contributed by atoms with Crippen LogP contribution >= 0.6 is 0 Å². The predicted octanol–water partition coefficient (Wildman–Crippen LogP) is 2.36. The molecule has 2 aromatic rings. The van der Waals surface area contributed by atoms with Gasteiger partial charge in [0.2, 0.25) is 0 Å². The Hall–Kier alpha value is -2.83. The van der Waals surface area contributed by atoms with E-state index in [-0.39, 0.29) is 31.1 Å². The van der Waals surface area contributed by atoms with Gasteiger partial charge in [0, 0.05) is 25.4 Å². The summed E-state index contributed by atoms with van der Waals surface area (Å²) in [5, 5.41) is 7.01. The smallest absolute Gasteiger partial charge is 0.317 e. The van der Waals surface area contributed by atoms with Crippen molar-refractivity contribution in [3.63, 3.8) is 0 Å². The van der Waals surface area contributed by atoms with E-state index in [1.165, 1.54) is 0 Å². The second-order valence-corrected chi connectivity index (χ2v) is 6.01. The van der Waals surface area contributed by atoms with Gasteiger partial charge in [0.05, 0.1) is 31.0 Å². The number of urea groups is 1. The van der Waals surface area contributed by atoms with E-state index in [9.17, 15) is 9.59 Å². The number of nitrogens with one attached hydrogen (secondary N) is 1. The van der Waals surface area contributed by atoms with E-state index in [0.717, 1.165) is 11.3 Å². The van der Waals surface area contributed by atoms with Crippen LogP contribution in [0.15, 0.2) is 42.7 Å². The zero-order valence-corrected chi connectivity index (χ0v) is 14.8. The molecule has 1 N–H and O–H groups in total. The first-order valence-electron chi connectivity index (χ1n) is 8.23. The lowest BCUT2D eigenvalue weighted by atomic mass is 10.3. The number of carbonyl (C=O) groups excluding carboxylic acids is 2. The lowest BCUT2D eigenvalue weighted by molar-refractivity contribution is -0.147. The summed E-state index contributed by atoms with van der Waals surface area (Å²) in [6.45, 7) is 4.26. The highest BCUT2D eigenvalue weighted by atomic mass is 16.5. The molecule has 0 saturated heterocycles. The lowest BCUT2D eigenvalue weighted by Crippen LogP contribution is -2.37.